The summed E-state index contributed by atoms with van der Waals surface area (Å²) in [6.45, 7) is 2.66. The van der Waals surface area contributed by atoms with E-state index in [0.717, 1.165) is 6.42 Å². The van der Waals surface area contributed by atoms with Gasteiger partial charge in [-0.2, -0.15) is 0 Å². The summed E-state index contributed by atoms with van der Waals surface area (Å²) in [7, 11) is 0. The van der Waals surface area contributed by atoms with E-state index in [0.29, 0.717) is 18.8 Å². The SMILES string of the molecule is CCCOC1C(Cl)CC1Oc1ccc([N+](=O)[O-])c(Cl)c1. The van der Waals surface area contributed by atoms with Crippen molar-refractivity contribution < 1.29 is 14.4 Å². The van der Waals surface area contributed by atoms with Gasteiger partial charge >= 0.3 is 0 Å². The molecule has 0 heterocycles. The average Bonchev–Trinajstić information content (AvgIpc) is 2.38. The van der Waals surface area contributed by atoms with E-state index in [4.69, 9.17) is 32.7 Å². The number of nitro groups is 1. The second kappa shape index (κ2) is 6.61. The molecule has 0 aromatic heterocycles. The normalized spacial score (nSPS) is 25.1. The predicted octanol–water partition coefficient (Wildman–Crippen LogP) is 3.80. The van der Waals surface area contributed by atoms with Gasteiger partial charge in [0.2, 0.25) is 0 Å². The minimum Gasteiger partial charge on any atom is -0.488 e. The summed E-state index contributed by atoms with van der Waals surface area (Å²) < 4.78 is 11.3. The molecule has 0 amide bonds. The molecule has 1 aliphatic carbocycles. The molecule has 1 aromatic rings. The number of halogens is 2. The number of ether oxygens (including phenoxy) is 2. The Kier molecular flexibility index (Phi) is 5.07. The smallest absolute Gasteiger partial charge is 0.288 e. The van der Waals surface area contributed by atoms with Crippen molar-refractivity contribution in [2.24, 2.45) is 0 Å². The Hall–Kier alpha value is -1.04. The molecular formula is C13H15Cl2NO4. The van der Waals surface area contributed by atoms with Gasteiger partial charge in [-0.05, 0) is 12.5 Å². The van der Waals surface area contributed by atoms with Crippen LogP contribution in [0.4, 0.5) is 5.69 Å². The van der Waals surface area contributed by atoms with E-state index in [2.05, 4.69) is 0 Å². The molecule has 5 nitrogen and oxygen atoms in total. The molecule has 1 aromatic carbocycles. The maximum absolute atomic E-state index is 10.7. The van der Waals surface area contributed by atoms with Crippen molar-refractivity contribution in [2.75, 3.05) is 6.61 Å². The average molecular weight is 320 g/mol. The van der Waals surface area contributed by atoms with Gasteiger partial charge in [-0.25, -0.2) is 0 Å². The van der Waals surface area contributed by atoms with Gasteiger partial charge < -0.3 is 9.47 Å². The summed E-state index contributed by atoms with van der Waals surface area (Å²) in [5.74, 6) is 0.485. The standard InChI is InChI=1S/C13H15Cl2NO4/c1-2-5-19-13-10(15)7-12(13)20-8-3-4-11(16(17)18)9(14)6-8/h3-4,6,10,12-13H,2,5,7H2,1H3. The van der Waals surface area contributed by atoms with E-state index in [-0.39, 0.29) is 28.3 Å². The van der Waals surface area contributed by atoms with Gasteiger partial charge in [0, 0.05) is 25.2 Å². The van der Waals surface area contributed by atoms with Gasteiger partial charge in [0.05, 0.1) is 10.3 Å². The molecule has 20 heavy (non-hydrogen) atoms. The number of benzene rings is 1. The zero-order chi connectivity index (χ0) is 14.7. The van der Waals surface area contributed by atoms with Crippen LogP contribution in [0.3, 0.4) is 0 Å². The molecular weight excluding hydrogens is 305 g/mol. The van der Waals surface area contributed by atoms with Crippen LogP contribution in [0.15, 0.2) is 18.2 Å². The number of alkyl halides is 1. The molecule has 0 saturated heterocycles. The van der Waals surface area contributed by atoms with Crippen LogP contribution in [0.5, 0.6) is 5.75 Å². The van der Waals surface area contributed by atoms with Crippen molar-refractivity contribution >= 4 is 28.9 Å². The van der Waals surface area contributed by atoms with Gasteiger partial charge in [-0.15, -0.1) is 11.6 Å². The third kappa shape index (κ3) is 3.34. The Morgan fingerprint density at radius 2 is 2.25 bits per heavy atom. The van der Waals surface area contributed by atoms with Crippen LogP contribution in [-0.4, -0.2) is 29.1 Å². The Bertz CT molecular complexity index is 497. The van der Waals surface area contributed by atoms with E-state index in [1.54, 1.807) is 0 Å². The van der Waals surface area contributed by atoms with Crippen molar-refractivity contribution in [1.29, 1.82) is 0 Å². The molecule has 3 unspecified atom stereocenters. The highest BCUT2D eigenvalue weighted by molar-refractivity contribution is 6.32. The summed E-state index contributed by atoms with van der Waals surface area (Å²) >= 11 is 11.9. The molecule has 3 atom stereocenters. The van der Waals surface area contributed by atoms with Crippen LogP contribution >= 0.6 is 23.2 Å². The molecule has 1 aliphatic rings. The summed E-state index contributed by atoms with van der Waals surface area (Å²) in [5, 5.41) is 10.7. The number of hydrogen-bond acceptors (Lipinski definition) is 4. The lowest BCUT2D eigenvalue weighted by atomic mass is 9.91. The van der Waals surface area contributed by atoms with Crippen LogP contribution in [0.25, 0.3) is 0 Å². The van der Waals surface area contributed by atoms with Gasteiger partial charge in [-0.3, -0.25) is 10.1 Å². The Balaban J connectivity index is 2.00. The van der Waals surface area contributed by atoms with Crippen LogP contribution in [-0.2, 0) is 4.74 Å². The first-order valence-electron chi connectivity index (χ1n) is 6.39. The van der Waals surface area contributed by atoms with Crippen molar-refractivity contribution in [3.05, 3.63) is 33.3 Å². The van der Waals surface area contributed by atoms with Gasteiger partial charge in [-0.1, -0.05) is 18.5 Å². The first-order valence-corrected chi connectivity index (χ1v) is 7.20. The van der Waals surface area contributed by atoms with Gasteiger partial charge in [0.1, 0.15) is 23.0 Å². The maximum Gasteiger partial charge on any atom is 0.288 e. The fourth-order valence-corrected chi connectivity index (χ4v) is 2.64. The lowest BCUT2D eigenvalue weighted by molar-refractivity contribution is -0.384. The van der Waals surface area contributed by atoms with E-state index in [9.17, 15) is 10.1 Å². The summed E-state index contributed by atoms with van der Waals surface area (Å²) in [4.78, 5) is 10.1. The second-order valence-electron chi connectivity index (χ2n) is 4.61. The lowest BCUT2D eigenvalue weighted by Gasteiger charge is -2.40. The van der Waals surface area contributed by atoms with Crippen molar-refractivity contribution in [3.63, 3.8) is 0 Å². The summed E-state index contributed by atoms with van der Waals surface area (Å²) in [6, 6.07) is 4.30. The van der Waals surface area contributed by atoms with Crippen LogP contribution in [0.2, 0.25) is 5.02 Å². The Morgan fingerprint density at radius 3 is 2.80 bits per heavy atom. The molecule has 2 rings (SSSR count). The van der Waals surface area contributed by atoms with Crippen LogP contribution in [0.1, 0.15) is 19.8 Å². The van der Waals surface area contributed by atoms with Crippen molar-refractivity contribution in [1.82, 2.24) is 0 Å². The third-order valence-electron chi connectivity index (χ3n) is 3.10. The third-order valence-corrected chi connectivity index (χ3v) is 3.83. The molecule has 0 bridgehead atoms. The number of nitrogens with zero attached hydrogens (tertiary/aromatic N) is 1. The van der Waals surface area contributed by atoms with Gasteiger partial charge in [0.25, 0.3) is 5.69 Å². The lowest BCUT2D eigenvalue weighted by Crippen LogP contribution is -2.52. The fraction of sp³-hybridized carbons (Fsp3) is 0.538. The second-order valence-corrected chi connectivity index (χ2v) is 5.58. The van der Waals surface area contributed by atoms with Crippen molar-refractivity contribution in [3.8, 4) is 5.75 Å². The molecule has 0 radical (unpaired) electrons. The zero-order valence-electron chi connectivity index (χ0n) is 10.9. The highest BCUT2D eigenvalue weighted by Gasteiger charge is 2.42. The van der Waals surface area contributed by atoms with Gasteiger partial charge in [0.15, 0.2) is 0 Å². The topological polar surface area (TPSA) is 61.6 Å². The number of hydrogen-bond donors (Lipinski definition) is 0. The maximum atomic E-state index is 10.7. The highest BCUT2D eigenvalue weighted by atomic mass is 35.5. The molecule has 0 aliphatic heterocycles. The largest absolute Gasteiger partial charge is 0.488 e. The molecule has 1 saturated carbocycles. The van der Waals surface area contributed by atoms with Crippen molar-refractivity contribution in [2.45, 2.75) is 37.4 Å². The minimum absolute atomic E-state index is 0.0555. The summed E-state index contributed by atoms with van der Waals surface area (Å²) in [5.41, 5.74) is -0.137. The molecule has 0 spiro atoms. The fourth-order valence-electron chi connectivity index (χ4n) is 1.99. The van der Waals surface area contributed by atoms with E-state index < -0.39 is 4.92 Å². The van der Waals surface area contributed by atoms with Crippen LogP contribution in [0, 0.1) is 10.1 Å². The van der Waals surface area contributed by atoms with E-state index in [1.165, 1.54) is 18.2 Å². The van der Waals surface area contributed by atoms with Crippen LogP contribution < -0.4 is 4.74 Å². The van der Waals surface area contributed by atoms with E-state index >= 15 is 0 Å². The summed E-state index contributed by atoms with van der Waals surface area (Å²) in [6.07, 6.45) is 1.31. The first-order chi connectivity index (χ1) is 9.52. The minimum atomic E-state index is -0.530. The molecule has 7 heteroatoms. The molecule has 1 fully saturated rings. The monoisotopic (exact) mass is 319 g/mol. The number of nitro benzene ring substituents is 1. The van der Waals surface area contributed by atoms with E-state index in [1.807, 2.05) is 6.92 Å². The highest BCUT2D eigenvalue weighted by Crippen LogP contribution is 2.35. The Labute approximate surface area is 126 Å². The zero-order valence-corrected chi connectivity index (χ0v) is 12.4. The molecule has 110 valence electrons. The molecule has 0 N–H and O–H groups in total. The first kappa shape index (κ1) is 15.4. The Morgan fingerprint density at radius 1 is 1.50 bits per heavy atom. The quantitative estimate of drug-likeness (QED) is 0.454. The number of rotatable bonds is 6. The predicted molar refractivity (Wildman–Crippen MR) is 76.8 cm³/mol.